The number of ether oxygens (including phenoxy) is 1. The molecule has 1 heterocycles. The van der Waals surface area contributed by atoms with E-state index in [4.69, 9.17) is 15.0 Å². The van der Waals surface area contributed by atoms with Gasteiger partial charge in [0.15, 0.2) is 0 Å². The first-order valence-electron chi connectivity index (χ1n) is 6.34. The van der Waals surface area contributed by atoms with Gasteiger partial charge in [0.25, 0.3) is 0 Å². The second-order valence-corrected chi connectivity index (χ2v) is 5.42. The Hall–Kier alpha value is -2.27. The Labute approximate surface area is 130 Å². The van der Waals surface area contributed by atoms with Gasteiger partial charge in [0.05, 0.1) is 12.7 Å². The van der Waals surface area contributed by atoms with E-state index in [2.05, 4.69) is 21.1 Å². The van der Waals surface area contributed by atoms with E-state index < -0.39 is 0 Å². The van der Waals surface area contributed by atoms with Gasteiger partial charge in [-0.2, -0.15) is 0 Å². The summed E-state index contributed by atoms with van der Waals surface area (Å²) < 4.78 is 11.3. The number of nitrogens with zero attached hydrogens (tertiary/aromatic N) is 1. The van der Waals surface area contributed by atoms with Gasteiger partial charge in [-0.3, -0.25) is 0 Å². The number of hydrogen-bond donors (Lipinski definition) is 1. The summed E-state index contributed by atoms with van der Waals surface area (Å²) in [7, 11) is 1.63. The molecule has 21 heavy (non-hydrogen) atoms. The molecule has 4 nitrogen and oxygen atoms in total. The highest BCUT2D eigenvalue weighted by Gasteiger charge is 2.17. The summed E-state index contributed by atoms with van der Waals surface area (Å²) in [4.78, 5) is 0. The van der Waals surface area contributed by atoms with Crippen LogP contribution in [-0.2, 0) is 0 Å². The molecule has 0 spiro atoms. The van der Waals surface area contributed by atoms with Crippen LogP contribution >= 0.6 is 15.9 Å². The van der Waals surface area contributed by atoms with Crippen molar-refractivity contribution in [2.24, 2.45) is 0 Å². The van der Waals surface area contributed by atoms with Gasteiger partial charge in [0, 0.05) is 10.0 Å². The van der Waals surface area contributed by atoms with Crippen LogP contribution in [0.25, 0.3) is 22.4 Å². The minimum atomic E-state index is 0.301. The smallest absolute Gasteiger partial charge is 0.230 e. The molecule has 0 aliphatic heterocycles. The number of aromatic nitrogens is 1. The molecule has 1 aromatic heterocycles. The molecule has 0 amide bonds. The molecule has 3 aromatic rings. The van der Waals surface area contributed by atoms with Crippen LogP contribution in [-0.4, -0.2) is 12.3 Å². The lowest BCUT2D eigenvalue weighted by molar-refractivity contribution is 0.415. The van der Waals surface area contributed by atoms with E-state index >= 15 is 0 Å². The molecule has 0 atom stereocenters. The lowest BCUT2D eigenvalue weighted by atomic mass is 10.0. The van der Waals surface area contributed by atoms with Crippen molar-refractivity contribution in [2.45, 2.75) is 0 Å². The highest BCUT2D eigenvalue weighted by Crippen LogP contribution is 2.37. The summed E-state index contributed by atoms with van der Waals surface area (Å²) in [5.74, 6) is 1.09. The van der Waals surface area contributed by atoms with Crippen molar-refractivity contribution in [3.63, 3.8) is 0 Å². The van der Waals surface area contributed by atoms with Crippen molar-refractivity contribution >= 4 is 21.8 Å². The maximum absolute atomic E-state index is 5.95. The Bertz CT molecular complexity index is 766. The van der Waals surface area contributed by atoms with E-state index in [0.29, 0.717) is 5.88 Å². The summed E-state index contributed by atoms with van der Waals surface area (Å²) in [6.45, 7) is 0. The number of halogens is 1. The molecule has 0 saturated heterocycles. The average Bonchev–Trinajstić information content (AvgIpc) is 2.89. The Morgan fingerprint density at radius 3 is 2.52 bits per heavy atom. The SMILES string of the molecule is COc1ccc(-c2c(-c3cccc(Br)c3)noc2N)cc1. The Balaban J connectivity index is 2.12. The average molecular weight is 345 g/mol. The zero-order valence-corrected chi connectivity index (χ0v) is 12.9. The normalized spacial score (nSPS) is 10.6. The van der Waals surface area contributed by atoms with Gasteiger partial charge < -0.3 is 15.0 Å². The van der Waals surface area contributed by atoms with E-state index in [1.165, 1.54) is 0 Å². The van der Waals surface area contributed by atoms with Crippen LogP contribution in [0.15, 0.2) is 57.5 Å². The maximum Gasteiger partial charge on any atom is 0.230 e. The predicted octanol–water partition coefficient (Wildman–Crippen LogP) is 4.36. The van der Waals surface area contributed by atoms with Crippen LogP contribution in [0, 0.1) is 0 Å². The predicted molar refractivity (Wildman–Crippen MR) is 86.0 cm³/mol. The van der Waals surface area contributed by atoms with Crippen molar-refractivity contribution in [2.75, 3.05) is 12.8 Å². The maximum atomic E-state index is 5.95. The van der Waals surface area contributed by atoms with E-state index in [9.17, 15) is 0 Å². The standard InChI is InChI=1S/C16H13BrN2O2/c1-20-13-7-5-10(6-8-13)14-15(19-21-16(14)18)11-3-2-4-12(17)9-11/h2-9H,18H2,1H3. The second-order valence-electron chi connectivity index (χ2n) is 4.51. The fourth-order valence-corrected chi connectivity index (χ4v) is 2.57. The zero-order valence-electron chi connectivity index (χ0n) is 11.3. The monoisotopic (exact) mass is 344 g/mol. The van der Waals surface area contributed by atoms with Crippen molar-refractivity contribution in [3.05, 3.63) is 53.0 Å². The number of nitrogen functional groups attached to an aromatic ring is 1. The third kappa shape index (κ3) is 2.64. The fourth-order valence-electron chi connectivity index (χ4n) is 2.17. The number of nitrogens with two attached hydrogens (primary N) is 1. The molecule has 3 rings (SSSR count). The summed E-state index contributed by atoms with van der Waals surface area (Å²) in [6, 6.07) is 15.5. The molecule has 106 valence electrons. The largest absolute Gasteiger partial charge is 0.497 e. The van der Waals surface area contributed by atoms with E-state index in [1.54, 1.807) is 7.11 Å². The highest BCUT2D eigenvalue weighted by atomic mass is 79.9. The lowest BCUT2D eigenvalue weighted by Crippen LogP contribution is -1.88. The van der Waals surface area contributed by atoms with Gasteiger partial charge in [0.1, 0.15) is 11.4 Å². The van der Waals surface area contributed by atoms with Crippen molar-refractivity contribution in [1.29, 1.82) is 0 Å². The molecular formula is C16H13BrN2O2. The number of hydrogen-bond acceptors (Lipinski definition) is 4. The molecule has 2 aromatic carbocycles. The van der Waals surface area contributed by atoms with Crippen LogP contribution in [0.4, 0.5) is 5.88 Å². The quantitative estimate of drug-likeness (QED) is 0.766. The number of rotatable bonds is 3. The second kappa shape index (κ2) is 5.61. The van der Waals surface area contributed by atoms with E-state index in [-0.39, 0.29) is 0 Å². The van der Waals surface area contributed by atoms with Gasteiger partial charge in [-0.15, -0.1) is 0 Å². The van der Waals surface area contributed by atoms with E-state index in [1.807, 2.05) is 48.5 Å². The third-order valence-corrected chi connectivity index (χ3v) is 3.69. The zero-order chi connectivity index (χ0) is 14.8. The molecule has 0 fully saturated rings. The summed E-state index contributed by atoms with van der Waals surface area (Å²) in [6.07, 6.45) is 0. The fraction of sp³-hybridized carbons (Fsp3) is 0.0625. The molecule has 2 N–H and O–H groups in total. The van der Waals surface area contributed by atoms with Gasteiger partial charge in [-0.25, -0.2) is 0 Å². The topological polar surface area (TPSA) is 61.3 Å². The Morgan fingerprint density at radius 2 is 1.86 bits per heavy atom. The lowest BCUT2D eigenvalue weighted by Gasteiger charge is -2.05. The molecule has 0 bridgehead atoms. The van der Waals surface area contributed by atoms with Gasteiger partial charge in [-0.05, 0) is 29.8 Å². The number of methoxy groups -OCH3 is 1. The van der Waals surface area contributed by atoms with Crippen molar-refractivity contribution in [1.82, 2.24) is 5.16 Å². The number of benzene rings is 2. The van der Waals surface area contributed by atoms with Gasteiger partial charge in [0.2, 0.25) is 5.88 Å². The molecule has 0 aliphatic rings. The Morgan fingerprint density at radius 1 is 1.10 bits per heavy atom. The molecular weight excluding hydrogens is 332 g/mol. The van der Waals surface area contributed by atoms with Crippen molar-refractivity contribution < 1.29 is 9.26 Å². The van der Waals surface area contributed by atoms with Crippen LogP contribution in [0.2, 0.25) is 0 Å². The number of anilines is 1. The first kappa shape index (κ1) is 13.7. The molecule has 0 radical (unpaired) electrons. The van der Waals surface area contributed by atoms with Crippen LogP contribution in [0.1, 0.15) is 0 Å². The van der Waals surface area contributed by atoms with Crippen LogP contribution in [0.5, 0.6) is 5.75 Å². The van der Waals surface area contributed by atoms with E-state index in [0.717, 1.165) is 32.6 Å². The molecule has 0 aliphatic carbocycles. The molecule has 5 heteroatoms. The van der Waals surface area contributed by atoms with Crippen LogP contribution < -0.4 is 10.5 Å². The minimum absolute atomic E-state index is 0.301. The minimum Gasteiger partial charge on any atom is -0.497 e. The first-order chi connectivity index (χ1) is 10.2. The summed E-state index contributed by atoms with van der Waals surface area (Å²) >= 11 is 3.46. The third-order valence-electron chi connectivity index (χ3n) is 3.20. The molecule has 0 unspecified atom stereocenters. The molecule has 0 saturated carbocycles. The highest BCUT2D eigenvalue weighted by molar-refractivity contribution is 9.10. The summed E-state index contributed by atoms with van der Waals surface area (Å²) in [5, 5.41) is 4.09. The van der Waals surface area contributed by atoms with Crippen LogP contribution in [0.3, 0.4) is 0 Å². The van der Waals surface area contributed by atoms with Gasteiger partial charge in [-0.1, -0.05) is 45.4 Å². The van der Waals surface area contributed by atoms with Gasteiger partial charge >= 0.3 is 0 Å². The summed E-state index contributed by atoms with van der Waals surface area (Å²) in [5.41, 5.74) is 9.33. The Kier molecular flexibility index (Phi) is 3.66. The first-order valence-corrected chi connectivity index (χ1v) is 7.14. The van der Waals surface area contributed by atoms with Crippen molar-refractivity contribution in [3.8, 4) is 28.1 Å².